The van der Waals surface area contributed by atoms with Crippen molar-refractivity contribution in [3.63, 3.8) is 0 Å². The number of nitrogen functional groups attached to an aromatic ring is 2. The molecular formula is C19H22N4O. The Hall–Kier alpha value is -2.95. The monoisotopic (exact) mass is 322 g/mol. The smallest absolute Gasteiger partial charge is 0.248 e. The number of anilines is 4. The number of nitrogens with two attached hydrogens (primary N) is 2. The first-order chi connectivity index (χ1) is 11.6. The van der Waals surface area contributed by atoms with Gasteiger partial charge in [-0.3, -0.25) is 4.79 Å². The number of amides is 1. The molecule has 3 rings (SSSR count). The predicted molar refractivity (Wildman–Crippen MR) is 101 cm³/mol. The van der Waals surface area contributed by atoms with Crippen molar-refractivity contribution in [2.45, 2.75) is 12.8 Å². The lowest BCUT2D eigenvalue weighted by Crippen LogP contribution is -2.18. The van der Waals surface area contributed by atoms with E-state index in [0.29, 0.717) is 17.1 Å². The largest absolute Gasteiger partial charge is 0.399 e. The maximum absolute atomic E-state index is 12.1. The van der Waals surface area contributed by atoms with Gasteiger partial charge in [-0.15, -0.1) is 0 Å². The second-order valence-electron chi connectivity index (χ2n) is 5.96. The van der Waals surface area contributed by atoms with Gasteiger partial charge < -0.3 is 21.7 Å². The fourth-order valence-corrected chi connectivity index (χ4v) is 2.87. The first-order valence-corrected chi connectivity index (χ1v) is 8.11. The highest BCUT2D eigenvalue weighted by Crippen LogP contribution is 2.27. The van der Waals surface area contributed by atoms with Crippen molar-refractivity contribution >= 4 is 34.7 Å². The third kappa shape index (κ3) is 3.87. The molecular weight excluding hydrogens is 300 g/mol. The summed E-state index contributed by atoms with van der Waals surface area (Å²) in [6.07, 6.45) is 5.75. The van der Waals surface area contributed by atoms with E-state index < -0.39 is 0 Å². The maximum Gasteiger partial charge on any atom is 0.248 e. The van der Waals surface area contributed by atoms with E-state index in [2.05, 4.69) is 10.2 Å². The van der Waals surface area contributed by atoms with Crippen molar-refractivity contribution in [3.8, 4) is 0 Å². The molecule has 0 aromatic heterocycles. The minimum atomic E-state index is -0.186. The molecule has 0 spiro atoms. The average molecular weight is 322 g/mol. The van der Waals surface area contributed by atoms with E-state index in [1.54, 1.807) is 24.3 Å². The Morgan fingerprint density at radius 2 is 1.67 bits per heavy atom. The first-order valence-electron chi connectivity index (χ1n) is 8.11. The molecule has 2 aromatic rings. The lowest BCUT2D eigenvalue weighted by molar-refractivity contribution is -0.111. The molecule has 0 atom stereocenters. The van der Waals surface area contributed by atoms with Crippen LogP contribution in [0.1, 0.15) is 18.4 Å². The van der Waals surface area contributed by atoms with Crippen LogP contribution in [-0.2, 0) is 4.79 Å². The third-order valence-corrected chi connectivity index (χ3v) is 4.09. The van der Waals surface area contributed by atoms with E-state index in [0.717, 1.165) is 24.3 Å². The lowest BCUT2D eigenvalue weighted by atomic mass is 10.1. The fraction of sp³-hybridized carbons (Fsp3) is 0.211. The standard InChI is InChI=1S/C19H22N4O/c20-15-4-7-17(8-5-15)22-19(24)10-3-14-13-16(21)6-9-18(14)23-11-1-2-12-23/h3-10,13H,1-2,11-12,20-21H2,(H,22,24)/b10-3-. The van der Waals surface area contributed by atoms with Crippen LogP contribution < -0.4 is 21.7 Å². The van der Waals surface area contributed by atoms with Crippen molar-refractivity contribution < 1.29 is 4.79 Å². The number of hydrogen-bond donors (Lipinski definition) is 3. The van der Waals surface area contributed by atoms with Crippen LogP contribution >= 0.6 is 0 Å². The van der Waals surface area contributed by atoms with E-state index in [4.69, 9.17) is 11.5 Å². The summed E-state index contributed by atoms with van der Waals surface area (Å²) in [6, 6.07) is 12.9. The Labute approximate surface area is 141 Å². The highest BCUT2D eigenvalue weighted by Gasteiger charge is 2.14. The summed E-state index contributed by atoms with van der Waals surface area (Å²) < 4.78 is 0. The summed E-state index contributed by atoms with van der Waals surface area (Å²) in [5.74, 6) is -0.186. The van der Waals surface area contributed by atoms with Gasteiger partial charge in [0.25, 0.3) is 0 Å². The van der Waals surface area contributed by atoms with Crippen molar-refractivity contribution in [3.05, 3.63) is 54.1 Å². The number of carbonyl (C=O) groups excluding carboxylic acids is 1. The van der Waals surface area contributed by atoms with Crippen LogP contribution in [0.5, 0.6) is 0 Å². The third-order valence-electron chi connectivity index (χ3n) is 4.09. The number of nitrogens with one attached hydrogen (secondary N) is 1. The van der Waals surface area contributed by atoms with Crippen molar-refractivity contribution in [2.75, 3.05) is 34.8 Å². The Bertz CT molecular complexity index is 746. The molecule has 2 aromatic carbocycles. The summed E-state index contributed by atoms with van der Waals surface area (Å²) >= 11 is 0. The van der Waals surface area contributed by atoms with E-state index in [1.165, 1.54) is 18.9 Å². The van der Waals surface area contributed by atoms with Crippen molar-refractivity contribution in [1.29, 1.82) is 0 Å². The molecule has 5 heteroatoms. The van der Waals surface area contributed by atoms with Gasteiger partial charge in [-0.05, 0) is 61.4 Å². The minimum Gasteiger partial charge on any atom is -0.399 e. The molecule has 0 saturated carbocycles. The van der Waals surface area contributed by atoms with Crippen LogP contribution in [0.4, 0.5) is 22.7 Å². The Kier molecular flexibility index (Phi) is 4.70. The molecule has 1 amide bonds. The van der Waals surface area contributed by atoms with Gasteiger partial charge in [-0.2, -0.15) is 0 Å². The molecule has 1 fully saturated rings. The van der Waals surface area contributed by atoms with Gasteiger partial charge in [0, 0.05) is 47.5 Å². The molecule has 1 aliphatic rings. The molecule has 0 radical (unpaired) electrons. The number of rotatable bonds is 4. The van der Waals surface area contributed by atoms with Gasteiger partial charge in [0.1, 0.15) is 0 Å². The van der Waals surface area contributed by atoms with Gasteiger partial charge in [0.2, 0.25) is 5.91 Å². The molecule has 5 nitrogen and oxygen atoms in total. The minimum absolute atomic E-state index is 0.186. The van der Waals surface area contributed by atoms with Crippen LogP contribution in [0.3, 0.4) is 0 Å². The van der Waals surface area contributed by atoms with E-state index in [9.17, 15) is 4.79 Å². The van der Waals surface area contributed by atoms with E-state index >= 15 is 0 Å². The Morgan fingerprint density at radius 1 is 1.00 bits per heavy atom. The zero-order valence-electron chi connectivity index (χ0n) is 13.5. The number of carbonyl (C=O) groups is 1. The maximum atomic E-state index is 12.1. The van der Waals surface area contributed by atoms with Crippen molar-refractivity contribution in [2.24, 2.45) is 0 Å². The van der Waals surface area contributed by atoms with Crippen LogP contribution in [0, 0.1) is 0 Å². The first kappa shape index (κ1) is 15.9. The van der Waals surface area contributed by atoms with Crippen LogP contribution in [-0.4, -0.2) is 19.0 Å². The molecule has 1 aliphatic heterocycles. The summed E-state index contributed by atoms with van der Waals surface area (Å²) in [7, 11) is 0. The summed E-state index contributed by atoms with van der Waals surface area (Å²) in [5, 5.41) is 2.82. The topological polar surface area (TPSA) is 84.4 Å². The highest BCUT2D eigenvalue weighted by atomic mass is 16.1. The lowest BCUT2D eigenvalue weighted by Gasteiger charge is -2.20. The van der Waals surface area contributed by atoms with Crippen LogP contribution in [0.15, 0.2) is 48.5 Å². The van der Waals surface area contributed by atoms with E-state index in [-0.39, 0.29) is 5.91 Å². The molecule has 124 valence electrons. The second-order valence-corrected chi connectivity index (χ2v) is 5.96. The zero-order valence-corrected chi connectivity index (χ0v) is 13.5. The second kappa shape index (κ2) is 7.08. The Morgan fingerprint density at radius 3 is 2.38 bits per heavy atom. The fourth-order valence-electron chi connectivity index (χ4n) is 2.87. The van der Waals surface area contributed by atoms with Crippen LogP contribution in [0.2, 0.25) is 0 Å². The van der Waals surface area contributed by atoms with Gasteiger partial charge in [-0.25, -0.2) is 0 Å². The highest BCUT2D eigenvalue weighted by molar-refractivity contribution is 6.02. The summed E-state index contributed by atoms with van der Waals surface area (Å²) in [5.41, 5.74) is 15.7. The Balaban J connectivity index is 1.74. The molecule has 0 aliphatic carbocycles. The molecule has 24 heavy (non-hydrogen) atoms. The molecule has 0 unspecified atom stereocenters. The van der Waals surface area contributed by atoms with Gasteiger partial charge in [-0.1, -0.05) is 0 Å². The summed E-state index contributed by atoms with van der Waals surface area (Å²) in [4.78, 5) is 14.4. The SMILES string of the molecule is Nc1ccc(NC(=O)/C=C\c2cc(N)ccc2N2CCCC2)cc1. The number of benzene rings is 2. The molecule has 5 N–H and O–H groups in total. The zero-order chi connectivity index (χ0) is 16.9. The molecule has 1 heterocycles. The van der Waals surface area contributed by atoms with E-state index in [1.807, 2.05) is 24.3 Å². The van der Waals surface area contributed by atoms with Gasteiger partial charge in [0.15, 0.2) is 0 Å². The van der Waals surface area contributed by atoms with Gasteiger partial charge in [0.05, 0.1) is 0 Å². The quantitative estimate of drug-likeness (QED) is 0.596. The molecule has 1 saturated heterocycles. The van der Waals surface area contributed by atoms with Crippen LogP contribution in [0.25, 0.3) is 6.08 Å². The number of nitrogens with zero attached hydrogens (tertiary/aromatic N) is 1. The normalized spacial score (nSPS) is 14.2. The predicted octanol–water partition coefficient (Wildman–Crippen LogP) is 3.10. The van der Waals surface area contributed by atoms with Crippen molar-refractivity contribution in [1.82, 2.24) is 0 Å². The number of hydrogen-bond acceptors (Lipinski definition) is 4. The summed E-state index contributed by atoms with van der Waals surface area (Å²) in [6.45, 7) is 2.09. The van der Waals surface area contributed by atoms with Gasteiger partial charge >= 0.3 is 0 Å². The molecule has 0 bridgehead atoms. The average Bonchev–Trinajstić information content (AvgIpc) is 3.09.